The van der Waals surface area contributed by atoms with E-state index < -0.39 is 17.4 Å². The van der Waals surface area contributed by atoms with Crippen molar-refractivity contribution < 1.29 is 17.9 Å². The second kappa shape index (κ2) is 9.72. The van der Waals surface area contributed by atoms with E-state index in [2.05, 4.69) is 25.7 Å². The van der Waals surface area contributed by atoms with Crippen LogP contribution in [0.2, 0.25) is 0 Å². The average molecular weight is 449 g/mol. The van der Waals surface area contributed by atoms with Crippen LogP contribution in [0.1, 0.15) is 31.2 Å². The maximum atomic E-state index is 13.1. The summed E-state index contributed by atoms with van der Waals surface area (Å²) in [6.07, 6.45) is 0.226. The molecule has 0 radical (unpaired) electrons. The van der Waals surface area contributed by atoms with E-state index >= 15 is 0 Å². The van der Waals surface area contributed by atoms with Gasteiger partial charge in [0, 0.05) is 55.9 Å². The van der Waals surface area contributed by atoms with Gasteiger partial charge in [0.15, 0.2) is 0 Å². The minimum atomic E-state index is -4.63. The molecular formula is C22H26F3N5O2. The van der Waals surface area contributed by atoms with Crippen LogP contribution in [-0.4, -0.2) is 43.3 Å². The number of alkyl halides is 3. The number of pyridine rings is 1. The molecule has 1 saturated heterocycles. The minimum Gasteiger partial charge on any atom is -0.474 e. The summed E-state index contributed by atoms with van der Waals surface area (Å²) in [6.45, 7) is 3.79. The molecule has 2 aliphatic rings. The van der Waals surface area contributed by atoms with Gasteiger partial charge >= 0.3 is 6.18 Å². The van der Waals surface area contributed by atoms with Gasteiger partial charge in [-0.1, -0.05) is 0 Å². The number of piperazine rings is 1. The van der Waals surface area contributed by atoms with E-state index in [0.717, 1.165) is 69.7 Å². The van der Waals surface area contributed by atoms with Gasteiger partial charge in [0.1, 0.15) is 11.8 Å². The summed E-state index contributed by atoms with van der Waals surface area (Å²) < 4.78 is 45.5. The molecule has 1 aliphatic heterocycles. The van der Waals surface area contributed by atoms with Gasteiger partial charge in [0.25, 0.3) is 0 Å². The number of ether oxygens (including phenoxy) is 1. The molecule has 1 aliphatic carbocycles. The van der Waals surface area contributed by atoms with Crippen molar-refractivity contribution in [3.8, 4) is 5.88 Å². The summed E-state index contributed by atoms with van der Waals surface area (Å²) in [4.78, 5) is 17.3. The number of nitrogens with zero attached hydrogens (tertiary/aromatic N) is 3. The summed E-state index contributed by atoms with van der Waals surface area (Å²) in [5.41, 5.74) is -0.194. The molecule has 0 amide bonds. The van der Waals surface area contributed by atoms with Crippen LogP contribution in [0.25, 0.3) is 0 Å². The number of aromatic nitrogens is 1. The van der Waals surface area contributed by atoms with E-state index in [9.17, 15) is 18.1 Å². The predicted molar refractivity (Wildman–Crippen MR) is 117 cm³/mol. The molecule has 10 heteroatoms. The Hall–Kier alpha value is -2.88. The fraction of sp³-hybridized carbons (Fsp3) is 0.500. The van der Waals surface area contributed by atoms with Crippen LogP contribution in [0.3, 0.4) is 0 Å². The Kier molecular flexibility index (Phi) is 6.78. The maximum absolute atomic E-state index is 13.1. The number of anilines is 2. The lowest BCUT2D eigenvalue weighted by Gasteiger charge is -2.31. The fourth-order valence-electron chi connectivity index (χ4n) is 4.25. The van der Waals surface area contributed by atoms with Crippen LogP contribution in [-0.2, 0) is 6.18 Å². The van der Waals surface area contributed by atoms with Gasteiger partial charge in [-0.05, 0) is 55.1 Å². The summed E-state index contributed by atoms with van der Waals surface area (Å²) in [5, 5.41) is 8.97. The van der Waals surface area contributed by atoms with Crippen molar-refractivity contribution in [2.75, 3.05) is 36.4 Å². The number of hydrogen-bond donors (Lipinski definition) is 2. The zero-order valence-electron chi connectivity index (χ0n) is 17.6. The second-order valence-corrected chi connectivity index (χ2v) is 8.15. The smallest absolute Gasteiger partial charge is 0.418 e. The molecule has 2 N–H and O–H groups in total. The van der Waals surface area contributed by atoms with Crippen molar-refractivity contribution in [1.82, 2.24) is 10.3 Å². The predicted octanol–water partition coefficient (Wildman–Crippen LogP) is 4.71. The fourth-order valence-corrected chi connectivity index (χ4v) is 4.25. The Morgan fingerprint density at radius 1 is 1.09 bits per heavy atom. The summed E-state index contributed by atoms with van der Waals surface area (Å²) in [5.74, 6) is 0.601. The van der Waals surface area contributed by atoms with E-state index in [1.165, 1.54) is 6.07 Å². The zero-order valence-corrected chi connectivity index (χ0v) is 17.6. The van der Waals surface area contributed by atoms with E-state index in [-0.39, 0.29) is 12.1 Å². The van der Waals surface area contributed by atoms with Crippen molar-refractivity contribution in [1.29, 1.82) is 0 Å². The first-order chi connectivity index (χ1) is 15.4. The zero-order chi connectivity index (χ0) is 22.6. The van der Waals surface area contributed by atoms with Crippen molar-refractivity contribution in [2.24, 2.45) is 5.18 Å². The highest BCUT2D eigenvalue weighted by Crippen LogP contribution is 2.38. The normalized spacial score (nSPS) is 21.8. The largest absolute Gasteiger partial charge is 0.474 e. The maximum Gasteiger partial charge on any atom is 0.418 e. The van der Waals surface area contributed by atoms with Gasteiger partial charge in [0.05, 0.1) is 5.56 Å². The molecule has 0 unspecified atom stereocenters. The van der Waals surface area contributed by atoms with Crippen molar-refractivity contribution in [2.45, 2.75) is 44.0 Å². The molecule has 1 aromatic carbocycles. The monoisotopic (exact) mass is 449 g/mol. The van der Waals surface area contributed by atoms with Crippen molar-refractivity contribution in [3.63, 3.8) is 0 Å². The standard InChI is InChI=1S/C22H26F3N5O2/c23-22(24,25)19-13-16(3-6-20(19)29-31)28-15-1-4-18(5-2-15)32-21-14-17(7-8-27-21)30-11-9-26-10-12-30/h3,6-8,13-15,18,26,28H,1-2,4-5,9-12H2/t15-,18-. The molecule has 0 atom stereocenters. The molecule has 4 rings (SSSR count). The lowest BCUT2D eigenvalue weighted by atomic mass is 9.92. The third kappa shape index (κ3) is 5.48. The molecule has 7 nitrogen and oxygen atoms in total. The minimum absolute atomic E-state index is 0.0196. The van der Waals surface area contributed by atoms with Gasteiger partial charge in [-0.2, -0.15) is 13.2 Å². The van der Waals surface area contributed by atoms with Crippen molar-refractivity contribution in [3.05, 3.63) is 47.0 Å². The number of rotatable bonds is 6. The van der Waals surface area contributed by atoms with Crippen LogP contribution >= 0.6 is 0 Å². The quantitative estimate of drug-likeness (QED) is 0.622. The summed E-state index contributed by atoms with van der Waals surface area (Å²) in [7, 11) is 0. The molecular weight excluding hydrogens is 423 g/mol. The van der Waals surface area contributed by atoms with Gasteiger partial charge in [-0.15, -0.1) is 4.91 Å². The lowest BCUT2D eigenvalue weighted by molar-refractivity contribution is -0.137. The van der Waals surface area contributed by atoms with E-state index in [0.29, 0.717) is 11.6 Å². The van der Waals surface area contributed by atoms with Gasteiger partial charge in [0.2, 0.25) is 5.88 Å². The first-order valence-electron chi connectivity index (χ1n) is 10.8. The molecule has 0 spiro atoms. The Morgan fingerprint density at radius 3 is 2.53 bits per heavy atom. The molecule has 2 fully saturated rings. The lowest BCUT2D eigenvalue weighted by Crippen LogP contribution is -2.43. The Labute approximate surface area is 184 Å². The molecule has 1 aromatic heterocycles. The molecule has 2 heterocycles. The average Bonchev–Trinajstić information content (AvgIpc) is 2.80. The van der Waals surface area contributed by atoms with E-state index in [1.54, 1.807) is 6.20 Å². The van der Waals surface area contributed by atoms with Gasteiger partial charge in [-0.25, -0.2) is 4.98 Å². The Bertz CT molecular complexity index is 926. The number of nitrogens with one attached hydrogen (secondary N) is 2. The number of hydrogen-bond acceptors (Lipinski definition) is 7. The van der Waals surface area contributed by atoms with Crippen LogP contribution in [0.4, 0.5) is 30.2 Å². The molecule has 32 heavy (non-hydrogen) atoms. The van der Waals surface area contributed by atoms with E-state index in [1.807, 2.05) is 12.1 Å². The van der Waals surface area contributed by atoms with Crippen LogP contribution in [0.5, 0.6) is 5.88 Å². The molecule has 2 aromatic rings. The van der Waals surface area contributed by atoms with E-state index in [4.69, 9.17) is 4.74 Å². The Morgan fingerprint density at radius 2 is 1.84 bits per heavy atom. The first-order valence-corrected chi connectivity index (χ1v) is 10.8. The highest BCUT2D eigenvalue weighted by molar-refractivity contribution is 5.58. The molecule has 0 bridgehead atoms. The number of nitroso groups, excluding NO2 is 1. The first kappa shape index (κ1) is 22.3. The number of benzene rings is 1. The highest BCUT2D eigenvalue weighted by Gasteiger charge is 2.34. The Balaban J connectivity index is 1.32. The van der Waals surface area contributed by atoms with Crippen molar-refractivity contribution >= 4 is 17.1 Å². The van der Waals surface area contributed by atoms with Gasteiger partial charge in [-0.3, -0.25) is 0 Å². The van der Waals surface area contributed by atoms with Gasteiger partial charge < -0.3 is 20.3 Å². The van der Waals surface area contributed by atoms with Crippen LogP contribution in [0.15, 0.2) is 41.7 Å². The third-order valence-electron chi connectivity index (χ3n) is 5.93. The third-order valence-corrected chi connectivity index (χ3v) is 5.93. The molecule has 1 saturated carbocycles. The topological polar surface area (TPSA) is 78.8 Å². The SMILES string of the molecule is O=Nc1ccc(N[C@H]2CC[C@H](Oc3cc(N4CCNCC4)ccn3)CC2)cc1C(F)(F)F. The summed E-state index contributed by atoms with van der Waals surface area (Å²) in [6, 6.07) is 7.50. The second-order valence-electron chi connectivity index (χ2n) is 8.15. The van der Waals surface area contributed by atoms with Crippen LogP contribution < -0.4 is 20.3 Å². The number of halogens is 3. The highest BCUT2D eigenvalue weighted by atomic mass is 19.4. The molecule has 172 valence electrons. The van der Waals surface area contributed by atoms with Crippen LogP contribution in [0, 0.1) is 4.91 Å². The summed E-state index contributed by atoms with van der Waals surface area (Å²) >= 11 is 0.